The van der Waals surface area contributed by atoms with E-state index in [1.54, 1.807) is 32.0 Å². The fraction of sp³-hybridized carbons (Fsp3) is 0.222. The minimum atomic E-state index is -4.76. The predicted octanol–water partition coefficient (Wildman–Crippen LogP) is 4.47. The summed E-state index contributed by atoms with van der Waals surface area (Å²) < 4.78 is 45.6. The number of nitrogens with zero attached hydrogens (tertiary/aromatic N) is 1. The van der Waals surface area contributed by atoms with Crippen molar-refractivity contribution in [3.8, 4) is 5.75 Å². The highest BCUT2D eigenvalue weighted by Crippen LogP contribution is 2.24. The average Bonchev–Trinajstić information content (AvgIpc) is 2.94. The van der Waals surface area contributed by atoms with Crippen molar-refractivity contribution in [2.75, 3.05) is 10.6 Å². The fourth-order valence-corrected chi connectivity index (χ4v) is 2.44. The number of benzene rings is 2. The van der Waals surface area contributed by atoms with Crippen LogP contribution in [0, 0.1) is 6.92 Å². The molecule has 1 amide bonds. The molecule has 0 saturated heterocycles. The van der Waals surface area contributed by atoms with E-state index < -0.39 is 12.4 Å². The highest BCUT2D eigenvalue weighted by Gasteiger charge is 2.31. The number of alkyl halides is 3. The van der Waals surface area contributed by atoms with E-state index >= 15 is 0 Å². The Balaban J connectivity index is 1.61. The van der Waals surface area contributed by atoms with Gasteiger partial charge in [-0.2, -0.15) is 0 Å². The molecule has 6 nitrogen and oxygen atoms in total. The third-order valence-electron chi connectivity index (χ3n) is 3.63. The third-order valence-corrected chi connectivity index (χ3v) is 3.63. The Morgan fingerprint density at radius 1 is 1.15 bits per heavy atom. The van der Waals surface area contributed by atoms with Gasteiger partial charge in [0.05, 0.1) is 0 Å². The van der Waals surface area contributed by atoms with Gasteiger partial charge in [0.25, 0.3) is 0 Å². The Morgan fingerprint density at radius 2 is 1.81 bits per heavy atom. The molecule has 1 aromatic heterocycles. The highest BCUT2D eigenvalue weighted by molar-refractivity contribution is 5.96. The Bertz CT molecular complexity index is 952. The summed E-state index contributed by atoms with van der Waals surface area (Å²) in [5, 5.41) is 5.66. The van der Waals surface area contributed by atoms with Gasteiger partial charge in [-0.3, -0.25) is 4.79 Å². The number of halogens is 3. The molecule has 1 atom stereocenters. The Labute approximate surface area is 152 Å². The van der Waals surface area contributed by atoms with Crippen LogP contribution < -0.4 is 15.4 Å². The van der Waals surface area contributed by atoms with Crippen LogP contribution in [0.1, 0.15) is 12.8 Å². The first-order valence-electron chi connectivity index (χ1n) is 8.00. The van der Waals surface area contributed by atoms with E-state index in [9.17, 15) is 18.0 Å². The number of aromatic nitrogens is 1. The molecular formula is C18H16F3N3O3. The van der Waals surface area contributed by atoms with Crippen LogP contribution in [0.25, 0.3) is 11.1 Å². The molecule has 2 N–H and O–H groups in total. The number of anilines is 2. The molecule has 3 aromatic rings. The van der Waals surface area contributed by atoms with Crippen molar-refractivity contribution in [3.05, 3.63) is 48.4 Å². The first kappa shape index (κ1) is 18.6. The zero-order valence-corrected chi connectivity index (χ0v) is 14.4. The molecule has 3 rings (SSSR count). The zero-order valence-electron chi connectivity index (χ0n) is 14.4. The molecule has 0 unspecified atom stereocenters. The van der Waals surface area contributed by atoms with E-state index in [4.69, 9.17) is 4.42 Å². The molecule has 0 spiro atoms. The van der Waals surface area contributed by atoms with Gasteiger partial charge in [-0.05, 0) is 49.4 Å². The summed E-state index contributed by atoms with van der Waals surface area (Å²) in [7, 11) is 0. The number of carbonyl (C=O) groups is 1. The van der Waals surface area contributed by atoms with Crippen LogP contribution >= 0.6 is 0 Å². The minimum Gasteiger partial charge on any atom is -0.441 e. The maximum atomic E-state index is 12.3. The van der Waals surface area contributed by atoms with Gasteiger partial charge >= 0.3 is 6.36 Å². The van der Waals surface area contributed by atoms with Gasteiger partial charge in [-0.15, -0.1) is 13.2 Å². The standard InChI is InChI=1S/C18H16F3N3O3/c1-10(22-13-5-8-16-15(9-13)23-11(2)26-16)17(25)24-12-3-6-14(7-4-12)27-18(19,20)21/h3-10,22H,1-2H3,(H,24,25)/t10-/m1/s1. The van der Waals surface area contributed by atoms with Gasteiger partial charge < -0.3 is 19.8 Å². The van der Waals surface area contributed by atoms with Gasteiger partial charge in [-0.1, -0.05) is 0 Å². The summed E-state index contributed by atoms with van der Waals surface area (Å²) in [5.41, 5.74) is 2.36. The second-order valence-electron chi connectivity index (χ2n) is 5.84. The lowest BCUT2D eigenvalue weighted by molar-refractivity contribution is -0.274. The lowest BCUT2D eigenvalue weighted by Crippen LogP contribution is -2.31. The second-order valence-corrected chi connectivity index (χ2v) is 5.84. The van der Waals surface area contributed by atoms with Crippen molar-refractivity contribution < 1.29 is 27.1 Å². The van der Waals surface area contributed by atoms with Crippen molar-refractivity contribution in [3.63, 3.8) is 0 Å². The number of hydrogen-bond donors (Lipinski definition) is 2. The van der Waals surface area contributed by atoms with Crippen LogP contribution in [0.15, 0.2) is 46.9 Å². The predicted molar refractivity (Wildman–Crippen MR) is 93.6 cm³/mol. The summed E-state index contributed by atoms with van der Waals surface area (Å²) in [6.07, 6.45) is -4.76. The molecule has 9 heteroatoms. The topological polar surface area (TPSA) is 76.4 Å². The van der Waals surface area contributed by atoms with Gasteiger partial charge in [-0.25, -0.2) is 4.98 Å². The normalized spacial score (nSPS) is 12.6. The molecule has 0 aliphatic carbocycles. The number of carbonyl (C=O) groups excluding carboxylic acids is 1. The Hall–Kier alpha value is -3.23. The fourth-order valence-electron chi connectivity index (χ4n) is 2.44. The molecule has 1 heterocycles. The average molecular weight is 379 g/mol. The van der Waals surface area contributed by atoms with E-state index in [2.05, 4.69) is 20.4 Å². The number of oxazole rings is 1. The summed E-state index contributed by atoms with van der Waals surface area (Å²) in [4.78, 5) is 16.5. The number of nitrogens with one attached hydrogen (secondary N) is 2. The van der Waals surface area contributed by atoms with Crippen molar-refractivity contribution in [1.29, 1.82) is 0 Å². The molecule has 0 aliphatic heterocycles. The van der Waals surface area contributed by atoms with Crippen molar-refractivity contribution in [1.82, 2.24) is 4.98 Å². The molecule has 0 aliphatic rings. The van der Waals surface area contributed by atoms with E-state index in [-0.39, 0.29) is 11.7 Å². The van der Waals surface area contributed by atoms with Crippen LogP contribution in [0.5, 0.6) is 5.75 Å². The second kappa shape index (κ2) is 7.18. The van der Waals surface area contributed by atoms with Crippen LogP contribution in [-0.4, -0.2) is 23.3 Å². The number of rotatable bonds is 5. The molecule has 0 radical (unpaired) electrons. The first-order valence-corrected chi connectivity index (χ1v) is 8.00. The largest absolute Gasteiger partial charge is 0.573 e. The highest BCUT2D eigenvalue weighted by atomic mass is 19.4. The third kappa shape index (κ3) is 4.90. The van der Waals surface area contributed by atoms with Crippen molar-refractivity contribution in [2.45, 2.75) is 26.3 Å². The zero-order chi connectivity index (χ0) is 19.6. The molecule has 0 fully saturated rings. The van der Waals surface area contributed by atoms with E-state index in [0.717, 1.165) is 12.1 Å². The van der Waals surface area contributed by atoms with Gasteiger partial charge in [0.1, 0.15) is 17.3 Å². The first-order chi connectivity index (χ1) is 12.7. The molecule has 2 aromatic carbocycles. The molecule has 142 valence electrons. The summed E-state index contributed by atoms with van der Waals surface area (Å²) in [6.45, 7) is 3.41. The Morgan fingerprint density at radius 3 is 2.48 bits per heavy atom. The smallest absolute Gasteiger partial charge is 0.441 e. The van der Waals surface area contributed by atoms with Gasteiger partial charge in [0, 0.05) is 18.3 Å². The summed E-state index contributed by atoms with van der Waals surface area (Å²) in [5.74, 6) is -0.162. The molecule has 27 heavy (non-hydrogen) atoms. The summed E-state index contributed by atoms with van der Waals surface area (Å²) >= 11 is 0. The molecule has 0 bridgehead atoms. The molecule has 0 saturated carbocycles. The summed E-state index contributed by atoms with van der Waals surface area (Å²) in [6, 6.07) is 9.60. The quantitative estimate of drug-likeness (QED) is 0.684. The van der Waals surface area contributed by atoms with Crippen LogP contribution in [0.2, 0.25) is 0 Å². The van der Waals surface area contributed by atoms with Crippen molar-refractivity contribution in [2.24, 2.45) is 0 Å². The van der Waals surface area contributed by atoms with Crippen LogP contribution in [-0.2, 0) is 4.79 Å². The maximum absolute atomic E-state index is 12.3. The number of fused-ring (bicyclic) bond motifs is 1. The van der Waals surface area contributed by atoms with E-state index in [1.165, 1.54) is 12.1 Å². The maximum Gasteiger partial charge on any atom is 0.573 e. The van der Waals surface area contributed by atoms with E-state index in [0.29, 0.717) is 28.4 Å². The van der Waals surface area contributed by atoms with Crippen LogP contribution in [0.3, 0.4) is 0 Å². The lowest BCUT2D eigenvalue weighted by Gasteiger charge is -2.15. The van der Waals surface area contributed by atoms with Gasteiger partial charge in [0.2, 0.25) is 5.91 Å². The minimum absolute atomic E-state index is 0.351. The number of hydrogen-bond acceptors (Lipinski definition) is 5. The monoisotopic (exact) mass is 379 g/mol. The lowest BCUT2D eigenvalue weighted by atomic mass is 10.2. The van der Waals surface area contributed by atoms with Gasteiger partial charge in [0.15, 0.2) is 11.5 Å². The van der Waals surface area contributed by atoms with E-state index in [1.807, 2.05) is 0 Å². The SMILES string of the molecule is Cc1nc2cc(N[C@H](C)C(=O)Nc3ccc(OC(F)(F)F)cc3)ccc2o1. The number of ether oxygens (including phenoxy) is 1. The molecular weight excluding hydrogens is 363 g/mol. The number of aryl methyl sites for hydroxylation is 1. The van der Waals surface area contributed by atoms with Crippen molar-refractivity contribution >= 4 is 28.4 Å². The van der Waals surface area contributed by atoms with Crippen LogP contribution in [0.4, 0.5) is 24.5 Å². The number of amides is 1. The Kier molecular flexibility index (Phi) is 4.93.